The van der Waals surface area contributed by atoms with Crippen molar-refractivity contribution in [2.45, 2.75) is 32.4 Å². The lowest BCUT2D eigenvalue weighted by molar-refractivity contribution is -0.117. The molecular formula is C25H23ClN2O4S. The molecule has 3 aromatic rings. The van der Waals surface area contributed by atoms with E-state index in [1.165, 1.54) is 7.11 Å². The summed E-state index contributed by atoms with van der Waals surface area (Å²) in [5.74, 6) is -0.745. The third-order valence-corrected chi connectivity index (χ3v) is 7.04. The highest BCUT2D eigenvalue weighted by Crippen LogP contribution is 2.43. The number of ether oxygens (including phenoxy) is 1. The third kappa shape index (κ3) is 4.38. The van der Waals surface area contributed by atoms with Gasteiger partial charge in [0.2, 0.25) is 5.91 Å². The van der Waals surface area contributed by atoms with Crippen molar-refractivity contribution in [2.24, 2.45) is 0 Å². The van der Waals surface area contributed by atoms with Crippen molar-refractivity contribution in [1.82, 2.24) is 0 Å². The zero-order chi connectivity index (χ0) is 23.7. The second-order valence-corrected chi connectivity index (χ2v) is 9.38. The van der Waals surface area contributed by atoms with Gasteiger partial charge in [-0.05, 0) is 61.4 Å². The summed E-state index contributed by atoms with van der Waals surface area (Å²) in [6.07, 6.45) is 0.556. The quantitative estimate of drug-likeness (QED) is 0.446. The Balaban J connectivity index is 1.74. The van der Waals surface area contributed by atoms with Gasteiger partial charge in [0.25, 0.3) is 5.91 Å². The first-order valence-electron chi connectivity index (χ1n) is 10.5. The van der Waals surface area contributed by atoms with Gasteiger partial charge in [-0.25, -0.2) is 4.79 Å². The molecule has 2 amide bonds. The molecule has 2 heterocycles. The van der Waals surface area contributed by atoms with Crippen LogP contribution in [0.2, 0.25) is 5.02 Å². The van der Waals surface area contributed by atoms with Crippen LogP contribution in [0.3, 0.4) is 0 Å². The highest BCUT2D eigenvalue weighted by atomic mass is 35.5. The maximum Gasteiger partial charge on any atom is 0.348 e. The van der Waals surface area contributed by atoms with Crippen molar-refractivity contribution >= 4 is 52.1 Å². The Kier molecular flexibility index (Phi) is 6.54. The highest BCUT2D eigenvalue weighted by Gasteiger charge is 2.38. The molecule has 2 aromatic carbocycles. The van der Waals surface area contributed by atoms with Gasteiger partial charge >= 0.3 is 5.97 Å². The van der Waals surface area contributed by atoms with E-state index in [4.69, 9.17) is 16.3 Å². The van der Waals surface area contributed by atoms with Crippen molar-refractivity contribution in [3.63, 3.8) is 0 Å². The molecule has 1 aromatic heterocycles. The van der Waals surface area contributed by atoms with E-state index < -0.39 is 5.97 Å². The molecule has 33 heavy (non-hydrogen) atoms. The van der Waals surface area contributed by atoms with Crippen LogP contribution in [0.25, 0.3) is 0 Å². The van der Waals surface area contributed by atoms with Crippen molar-refractivity contribution in [1.29, 1.82) is 0 Å². The molecular weight excluding hydrogens is 460 g/mol. The minimum atomic E-state index is -0.466. The highest BCUT2D eigenvalue weighted by molar-refractivity contribution is 7.16. The monoisotopic (exact) mass is 482 g/mol. The van der Waals surface area contributed by atoms with Gasteiger partial charge in [-0.1, -0.05) is 29.8 Å². The lowest BCUT2D eigenvalue weighted by Crippen LogP contribution is -2.47. The standard InChI is InChI=1S/C25H23ClN2O4S/c1-15-14-21(28(16(2)29)18-10-8-17(26)9-11-18)19-6-4-5-7-20(19)27(15)24(30)22-12-13-23(33-22)25(31)32-3/h4-13,15,21H,14H2,1-3H3/t15-,21+/m0/s1. The number of amides is 2. The molecule has 0 aliphatic carbocycles. The molecule has 1 aliphatic rings. The molecule has 0 unspecified atom stereocenters. The molecule has 0 saturated heterocycles. The Morgan fingerprint density at radius 2 is 1.70 bits per heavy atom. The zero-order valence-electron chi connectivity index (χ0n) is 18.4. The van der Waals surface area contributed by atoms with E-state index in [0.717, 1.165) is 28.3 Å². The number of carbonyl (C=O) groups excluding carboxylic acids is 3. The number of halogens is 1. The number of carbonyl (C=O) groups is 3. The summed E-state index contributed by atoms with van der Waals surface area (Å²) in [6, 6.07) is 17.6. The fourth-order valence-electron chi connectivity index (χ4n) is 4.30. The van der Waals surface area contributed by atoms with Crippen LogP contribution in [0.4, 0.5) is 11.4 Å². The van der Waals surface area contributed by atoms with Crippen molar-refractivity contribution in [3.05, 3.63) is 81.0 Å². The Morgan fingerprint density at radius 3 is 2.36 bits per heavy atom. The van der Waals surface area contributed by atoms with Crippen LogP contribution < -0.4 is 9.80 Å². The number of anilines is 2. The molecule has 0 spiro atoms. The molecule has 1 aliphatic heterocycles. The van der Waals surface area contributed by atoms with Gasteiger partial charge in [0.15, 0.2) is 0 Å². The minimum Gasteiger partial charge on any atom is -0.465 e. The van der Waals surface area contributed by atoms with Crippen LogP contribution in [-0.4, -0.2) is 30.9 Å². The largest absolute Gasteiger partial charge is 0.465 e. The van der Waals surface area contributed by atoms with Crippen LogP contribution in [0, 0.1) is 0 Å². The predicted octanol–water partition coefficient (Wildman–Crippen LogP) is 5.72. The lowest BCUT2D eigenvalue weighted by Gasteiger charge is -2.43. The molecule has 0 bridgehead atoms. The van der Waals surface area contributed by atoms with Crippen LogP contribution in [0.1, 0.15) is 51.2 Å². The van der Waals surface area contributed by atoms with Crippen LogP contribution in [0.5, 0.6) is 0 Å². The van der Waals surface area contributed by atoms with Gasteiger partial charge in [-0.2, -0.15) is 0 Å². The number of hydrogen-bond acceptors (Lipinski definition) is 5. The molecule has 6 nitrogen and oxygen atoms in total. The Labute approximate surface area is 201 Å². The van der Waals surface area contributed by atoms with Crippen LogP contribution >= 0.6 is 22.9 Å². The summed E-state index contributed by atoms with van der Waals surface area (Å²) in [6.45, 7) is 3.51. The number of benzene rings is 2. The first-order valence-corrected chi connectivity index (χ1v) is 11.7. The van der Waals surface area contributed by atoms with Gasteiger partial charge in [0, 0.05) is 29.4 Å². The Bertz CT molecular complexity index is 1210. The molecule has 8 heteroatoms. The van der Waals surface area contributed by atoms with Gasteiger partial charge in [-0.15, -0.1) is 11.3 Å². The van der Waals surface area contributed by atoms with E-state index in [2.05, 4.69) is 0 Å². The summed E-state index contributed by atoms with van der Waals surface area (Å²) < 4.78 is 4.77. The number of esters is 1. The summed E-state index contributed by atoms with van der Waals surface area (Å²) >= 11 is 7.16. The van der Waals surface area contributed by atoms with Crippen LogP contribution in [-0.2, 0) is 9.53 Å². The Hall–Kier alpha value is -3.16. The lowest BCUT2D eigenvalue weighted by atomic mass is 9.89. The van der Waals surface area contributed by atoms with Crippen molar-refractivity contribution in [2.75, 3.05) is 16.9 Å². The number of hydrogen-bond donors (Lipinski definition) is 0. The van der Waals surface area contributed by atoms with Gasteiger partial charge in [0.05, 0.1) is 18.0 Å². The maximum absolute atomic E-state index is 13.5. The smallest absolute Gasteiger partial charge is 0.348 e. The second kappa shape index (κ2) is 9.37. The fourth-order valence-corrected chi connectivity index (χ4v) is 5.29. The predicted molar refractivity (Wildman–Crippen MR) is 130 cm³/mol. The van der Waals surface area contributed by atoms with Gasteiger partial charge in [0.1, 0.15) is 4.88 Å². The van der Waals surface area contributed by atoms with E-state index in [1.54, 1.807) is 41.0 Å². The SMILES string of the molecule is COC(=O)c1ccc(C(=O)N2c3ccccc3[C@H](N(C(C)=O)c3ccc(Cl)cc3)C[C@@H]2C)s1. The van der Waals surface area contributed by atoms with Crippen LogP contribution in [0.15, 0.2) is 60.7 Å². The topological polar surface area (TPSA) is 66.9 Å². The average Bonchev–Trinajstić information content (AvgIpc) is 3.30. The first-order chi connectivity index (χ1) is 15.8. The fraction of sp³-hybridized carbons (Fsp3) is 0.240. The number of methoxy groups -OCH3 is 1. The summed E-state index contributed by atoms with van der Waals surface area (Å²) in [5, 5.41) is 0.596. The molecule has 4 rings (SSSR count). The second-order valence-electron chi connectivity index (χ2n) is 7.86. The van der Waals surface area contributed by atoms with E-state index in [0.29, 0.717) is 21.2 Å². The minimum absolute atomic E-state index is 0.0925. The molecule has 0 fully saturated rings. The maximum atomic E-state index is 13.5. The number of fused-ring (bicyclic) bond motifs is 1. The number of thiophene rings is 1. The molecule has 2 atom stereocenters. The van der Waals surface area contributed by atoms with E-state index in [9.17, 15) is 14.4 Å². The van der Waals surface area contributed by atoms with Crippen molar-refractivity contribution in [3.8, 4) is 0 Å². The van der Waals surface area contributed by atoms with E-state index >= 15 is 0 Å². The number of para-hydroxylation sites is 1. The molecule has 0 N–H and O–H groups in total. The Morgan fingerprint density at radius 1 is 1.03 bits per heavy atom. The molecule has 0 saturated carbocycles. The van der Waals surface area contributed by atoms with Gasteiger partial charge in [-0.3, -0.25) is 9.59 Å². The molecule has 0 radical (unpaired) electrons. The summed E-state index contributed by atoms with van der Waals surface area (Å²) in [5.41, 5.74) is 2.39. The number of nitrogens with zero attached hydrogens (tertiary/aromatic N) is 2. The number of rotatable bonds is 4. The van der Waals surface area contributed by atoms with E-state index in [-0.39, 0.29) is 23.9 Å². The van der Waals surface area contributed by atoms with E-state index in [1.807, 2.05) is 43.3 Å². The average molecular weight is 483 g/mol. The normalized spacial score (nSPS) is 17.3. The van der Waals surface area contributed by atoms with Crippen molar-refractivity contribution < 1.29 is 19.1 Å². The first kappa shape index (κ1) is 23.0. The summed E-state index contributed by atoms with van der Waals surface area (Å²) in [4.78, 5) is 42.4. The molecule has 170 valence electrons. The van der Waals surface area contributed by atoms with Gasteiger partial charge < -0.3 is 14.5 Å². The zero-order valence-corrected chi connectivity index (χ0v) is 20.0. The summed E-state index contributed by atoms with van der Waals surface area (Å²) in [7, 11) is 1.31. The third-order valence-electron chi connectivity index (χ3n) is 5.74.